The maximum Gasteiger partial charge on any atom is 0.417 e. The van der Waals surface area contributed by atoms with Crippen molar-refractivity contribution in [1.29, 1.82) is 5.41 Å². The summed E-state index contributed by atoms with van der Waals surface area (Å²) in [7, 11) is 2.77. The van der Waals surface area contributed by atoms with E-state index in [0.717, 1.165) is 30.4 Å². The van der Waals surface area contributed by atoms with Gasteiger partial charge in [-0.15, -0.1) is 0 Å². The van der Waals surface area contributed by atoms with Crippen LogP contribution in [0.5, 0.6) is 5.75 Å². The van der Waals surface area contributed by atoms with Crippen LogP contribution in [0.4, 0.5) is 24.8 Å². The van der Waals surface area contributed by atoms with E-state index in [1.807, 2.05) is 0 Å². The number of alkyl halides is 3. The van der Waals surface area contributed by atoms with Gasteiger partial charge in [0.15, 0.2) is 17.2 Å². The van der Waals surface area contributed by atoms with Crippen LogP contribution in [0.25, 0.3) is 11.2 Å². The molecule has 3 aromatic heterocycles. The zero-order chi connectivity index (χ0) is 30.7. The van der Waals surface area contributed by atoms with Crippen molar-refractivity contribution in [3.05, 3.63) is 62.9 Å². The molecule has 228 valence electrons. The molecule has 0 amide bonds. The molecule has 5 rings (SSSR count). The molecule has 0 unspecified atom stereocenters. The van der Waals surface area contributed by atoms with Crippen molar-refractivity contribution in [2.24, 2.45) is 19.1 Å². The number of hydrogen-bond acceptors (Lipinski definition) is 11. The van der Waals surface area contributed by atoms with E-state index in [2.05, 4.69) is 30.5 Å². The van der Waals surface area contributed by atoms with Gasteiger partial charge in [0, 0.05) is 39.9 Å². The molecule has 0 spiro atoms. The molecule has 0 atom stereocenters. The number of ether oxygens (including phenoxy) is 3. The van der Waals surface area contributed by atoms with Gasteiger partial charge in [0.1, 0.15) is 28.5 Å². The number of rotatable bonds is 9. The van der Waals surface area contributed by atoms with Crippen LogP contribution < -0.4 is 20.9 Å². The lowest BCUT2D eigenvalue weighted by Crippen LogP contribution is -2.38. The fourth-order valence-corrected chi connectivity index (χ4v) is 4.61. The predicted octanol–water partition coefficient (Wildman–Crippen LogP) is 3.14. The van der Waals surface area contributed by atoms with E-state index in [9.17, 15) is 18.0 Å². The van der Waals surface area contributed by atoms with Gasteiger partial charge >= 0.3 is 6.18 Å². The van der Waals surface area contributed by atoms with E-state index < -0.39 is 17.3 Å². The lowest BCUT2D eigenvalue weighted by molar-refractivity contribution is -0.138. The highest BCUT2D eigenvalue weighted by Crippen LogP contribution is 2.35. The number of pyridine rings is 2. The highest BCUT2D eigenvalue weighted by Gasteiger charge is 2.32. The van der Waals surface area contributed by atoms with Gasteiger partial charge in [0.05, 0.1) is 43.6 Å². The number of aliphatic imine (C=N–C) groups is 1. The fourth-order valence-electron chi connectivity index (χ4n) is 4.31. The summed E-state index contributed by atoms with van der Waals surface area (Å²) in [4.78, 5) is 27.5. The Labute approximate surface area is 247 Å². The van der Waals surface area contributed by atoms with Crippen molar-refractivity contribution < 1.29 is 27.4 Å². The highest BCUT2D eigenvalue weighted by atomic mass is 35.5. The Morgan fingerprint density at radius 2 is 2.07 bits per heavy atom. The second-order valence-electron chi connectivity index (χ2n) is 9.50. The van der Waals surface area contributed by atoms with Crippen molar-refractivity contribution in [2.45, 2.75) is 6.18 Å². The van der Waals surface area contributed by atoms with Crippen molar-refractivity contribution in [1.82, 2.24) is 29.3 Å². The smallest absolute Gasteiger partial charge is 0.417 e. The first-order valence-electron chi connectivity index (χ1n) is 13.0. The fraction of sp³-hybridized carbons (Fsp3) is 0.346. The number of nitrogens with zero attached hydrogens (tertiary/aromatic N) is 6. The third-order valence-electron chi connectivity index (χ3n) is 6.61. The second-order valence-corrected chi connectivity index (χ2v) is 9.87. The second kappa shape index (κ2) is 12.4. The summed E-state index contributed by atoms with van der Waals surface area (Å²) < 4.78 is 59.1. The molecule has 0 bridgehead atoms. The summed E-state index contributed by atoms with van der Waals surface area (Å²) in [5.74, 6) is 0.545. The van der Waals surface area contributed by atoms with Gasteiger partial charge < -0.3 is 39.4 Å². The van der Waals surface area contributed by atoms with E-state index in [-0.39, 0.29) is 39.3 Å². The van der Waals surface area contributed by atoms with Crippen LogP contribution in [0.3, 0.4) is 0 Å². The first kappa shape index (κ1) is 30.1. The summed E-state index contributed by atoms with van der Waals surface area (Å²) in [6, 6.07) is 0.710. The third kappa shape index (κ3) is 6.65. The zero-order valence-corrected chi connectivity index (χ0v) is 23.8. The van der Waals surface area contributed by atoms with Gasteiger partial charge in [0.2, 0.25) is 11.8 Å². The summed E-state index contributed by atoms with van der Waals surface area (Å²) in [6.45, 7) is 4.30. The number of anilines is 2. The van der Waals surface area contributed by atoms with Crippen LogP contribution in [0, 0.1) is 5.41 Å². The number of imidazole rings is 1. The standard InChI is InChI=1S/C26H27ClF3N9O4/c1-37-14-15(26(28,29)30)9-16(24(37)40)35-25-36-23-22(38(25)2)21(27)19(12-34-23)43-18(10-31)17-11-33-20(13-32-17)42-8-5-39-3-6-41-7-4-39/h9-14,31-32H,3-8H2,1-2H3,(H,34,35,36)/b18-17+,31-10?. The molecule has 1 fully saturated rings. The monoisotopic (exact) mass is 621 g/mol. The normalized spacial score (nSPS) is 16.9. The molecule has 3 N–H and O–H groups in total. The van der Waals surface area contributed by atoms with Crippen LogP contribution in [-0.4, -0.2) is 75.9 Å². The van der Waals surface area contributed by atoms with Gasteiger partial charge in [-0.05, 0) is 6.07 Å². The van der Waals surface area contributed by atoms with E-state index >= 15 is 0 Å². The molecular formula is C26H27ClF3N9O4. The van der Waals surface area contributed by atoms with Gasteiger partial charge in [-0.3, -0.25) is 9.69 Å². The number of aryl methyl sites for hydroxylation is 2. The van der Waals surface area contributed by atoms with Crippen LogP contribution in [-0.2, 0) is 29.7 Å². The van der Waals surface area contributed by atoms with Crippen LogP contribution in [0.1, 0.15) is 5.56 Å². The van der Waals surface area contributed by atoms with Crippen LogP contribution >= 0.6 is 11.6 Å². The first-order valence-corrected chi connectivity index (χ1v) is 13.3. The number of aromatic nitrogens is 4. The van der Waals surface area contributed by atoms with Gasteiger partial charge in [-0.2, -0.15) is 18.2 Å². The molecule has 2 aliphatic heterocycles. The van der Waals surface area contributed by atoms with Crippen molar-refractivity contribution in [2.75, 3.05) is 44.8 Å². The highest BCUT2D eigenvalue weighted by molar-refractivity contribution is 6.36. The maximum absolute atomic E-state index is 13.3. The largest absolute Gasteiger partial charge is 0.475 e. The number of allylic oxidation sites excluding steroid dienone is 2. The molecular weight excluding hydrogens is 595 g/mol. The van der Waals surface area contributed by atoms with Crippen molar-refractivity contribution in [3.8, 4) is 5.75 Å². The van der Waals surface area contributed by atoms with E-state index in [4.69, 9.17) is 31.2 Å². The zero-order valence-electron chi connectivity index (χ0n) is 23.0. The van der Waals surface area contributed by atoms with E-state index in [0.29, 0.717) is 43.7 Å². The quantitative estimate of drug-likeness (QED) is 0.242. The Hall–Kier alpha value is -4.41. The van der Waals surface area contributed by atoms with Crippen LogP contribution in [0.15, 0.2) is 51.8 Å². The Kier molecular flexibility index (Phi) is 8.70. The molecule has 0 aromatic carbocycles. The first-order chi connectivity index (χ1) is 20.5. The van der Waals surface area contributed by atoms with Crippen LogP contribution in [0.2, 0.25) is 5.02 Å². The number of nitrogens with one attached hydrogen (secondary N) is 3. The molecule has 3 aromatic rings. The van der Waals surface area contributed by atoms with Crippen molar-refractivity contribution >= 4 is 46.8 Å². The number of hydrogen-bond donors (Lipinski definition) is 3. The molecule has 2 aliphatic rings. The maximum atomic E-state index is 13.3. The topological polar surface area (TPSA) is 144 Å². The Morgan fingerprint density at radius 3 is 2.74 bits per heavy atom. The Morgan fingerprint density at radius 1 is 1.30 bits per heavy atom. The molecule has 5 heterocycles. The average molecular weight is 622 g/mol. The van der Waals surface area contributed by atoms with Gasteiger partial charge in [-0.1, -0.05) is 11.6 Å². The van der Waals surface area contributed by atoms with Gasteiger partial charge in [0.25, 0.3) is 5.56 Å². The lowest BCUT2D eigenvalue weighted by Gasteiger charge is -2.26. The summed E-state index contributed by atoms with van der Waals surface area (Å²) in [5.41, 5.74) is -1.24. The van der Waals surface area contributed by atoms with E-state index in [1.165, 1.54) is 24.0 Å². The van der Waals surface area contributed by atoms with E-state index in [1.54, 1.807) is 13.2 Å². The molecule has 17 heteroatoms. The average Bonchev–Trinajstić information content (AvgIpc) is 3.30. The number of fused-ring (bicyclic) bond motifs is 1. The molecule has 0 radical (unpaired) electrons. The molecule has 43 heavy (non-hydrogen) atoms. The molecule has 13 nitrogen and oxygen atoms in total. The van der Waals surface area contributed by atoms with Gasteiger partial charge in [-0.25, -0.2) is 9.98 Å². The SMILES string of the molecule is Cn1cc(C(F)(F)F)cc(Nc2nc3ncc(O/C(C=N)=C4\C=NC(OCCN5CCOCC5)=CN4)c(Cl)c3n2C)c1=O. The predicted molar refractivity (Wildman–Crippen MR) is 153 cm³/mol. The minimum absolute atomic E-state index is 0.0240. The molecule has 0 saturated carbocycles. The third-order valence-corrected chi connectivity index (χ3v) is 6.98. The summed E-state index contributed by atoms with van der Waals surface area (Å²) >= 11 is 6.63. The van der Waals surface area contributed by atoms with Crippen molar-refractivity contribution in [3.63, 3.8) is 0 Å². The minimum Gasteiger partial charge on any atom is -0.475 e. The number of morpholine rings is 1. The number of halogens is 4. The minimum atomic E-state index is -4.66. The molecule has 1 saturated heterocycles. The Balaban J connectivity index is 1.32. The lowest BCUT2D eigenvalue weighted by atomic mass is 10.2. The Bertz CT molecular complexity index is 1690. The summed E-state index contributed by atoms with van der Waals surface area (Å²) in [6.07, 6.45) is 1.31. The molecule has 0 aliphatic carbocycles. The summed E-state index contributed by atoms with van der Waals surface area (Å²) in [5, 5.41) is 13.5.